The van der Waals surface area contributed by atoms with E-state index in [4.69, 9.17) is 9.84 Å². The molecule has 1 saturated carbocycles. The van der Waals surface area contributed by atoms with Crippen molar-refractivity contribution >= 4 is 12.1 Å². The van der Waals surface area contributed by atoms with Gasteiger partial charge < -0.3 is 14.7 Å². The van der Waals surface area contributed by atoms with Crippen LogP contribution in [0.3, 0.4) is 0 Å². The van der Waals surface area contributed by atoms with Gasteiger partial charge in [-0.2, -0.15) is 0 Å². The lowest BCUT2D eigenvalue weighted by molar-refractivity contribution is -0.141. The van der Waals surface area contributed by atoms with Crippen molar-refractivity contribution < 1.29 is 19.4 Å². The van der Waals surface area contributed by atoms with Gasteiger partial charge in [-0.25, -0.2) is 4.79 Å². The van der Waals surface area contributed by atoms with Crippen LogP contribution in [0.5, 0.6) is 0 Å². The Morgan fingerprint density at radius 1 is 1.53 bits per heavy atom. The first-order chi connectivity index (χ1) is 7.16. The van der Waals surface area contributed by atoms with E-state index in [0.29, 0.717) is 32.0 Å². The highest BCUT2D eigenvalue weighted by molar-refractivity contribution is 5.70. The summed E-state index contributed by atoms with van der Waals surface area (Å²) in [4.78, 5) is 23.6. The van der Waals surface area contributed by atoms with Crippen molar-refractivity contribution in [1.29, 1.82) is 0 Å². The third kappa shape index (κ3) is 2.22. The second-order valence-corrected chi connectivity index (χ2v) is 4.27. The number of aliphatic carboxylic acids is 1. The van der Waals surface area contributed by atoms with E-state index in [-0.39, 0.29) is 12.0 Å². The van der Waals surface area contributed by atoms with Gasteiger partial charge in [0.1, 0.15) is 6.61 Å². The van der Waals surface area contributed by atoms with Crippen molar-refractivity contribution in [2.45, 2.75) is 19.3 Å². The van der Waals surface area contributed by atoms with Crippen molar-refractivity contribution in [3.05, 3.63) is 0 Å². The number of carboxylic acid groups (broad SMARTS) is 1. The van der Waals surface area contributed by atoms with Gasteiger partial charge in [0.15, 0.2) is 0 Å². The van der Waals surface area contributed by atoms with Gasteiger partial charge in [0.05, 0.1) is 12.5 Å². The van der Waals surface area contributed by atoms with Crippen LogP contribution in [0.15, 0.2) is 0 Å². The third-order valence-corrected chi connectivity index (χ3v) is 3.21. The van der Waals surface area contributed by atoms with Crippen LogP contribution in [-0.2, 0) is 9.53 Å². The van der Waals surface area contributed by atoms with Crippen LogP contribution in [0.1, 0.15) is 19.3 Å². The Morgan fingerprint density at radius 2 is 2.33 bits per heavy atom. The molecule has 1 saturated heterocycles. The molecular formula is C10H15NO4. The summed E-state index contributed by atoms with van der Waals surface area (Å²) in [6, 6.07) is 0. The quantitative estimate of drug-likeness (QED) is 0.757. The number of cyclic esters (lactones) is 1. The van der Waals surface area contributed by atoms with Crippen LogP contribution in [0.2, 0.25) is 0 Å². The summed E-state index contributed by atoms with van der Waals surface area (Å²) >= 11 is 0. The maximum absolute atomic E-state index is 11.2. The monoisotopic (exact) mass is 213 g/mol. The normalized spacial score (nSPS) is 30.7. The summed E-state index contributed by atoms with van der Waals surface area (Å²) in [5.74, 6) is -0.591. The van der Waals surface area contributed by atoms with Gasteiger partial charge >= 0.3 is 12.1 Å². The number of hydrogen-bond donors (Lipinski definition) is 1. The van der Waals surface area contributed by atoms with Gasteiger partial charge in [-0.3, -0.25) is 4.79 Å². The molecule has 1 aliphatic heterocycles. The second-order valence-electron chi connectivity index (χ2n) is 4.27. The number of rotatable bonds is 3. The topological polar surface area (TPSA) is 66.8 Å². The maximum Gasteiger partial charge on any atom is 0.409 e. The van der Waals surface area contributed by atoms with E-state index in [1.807, 2.05) is 0 Å². The molecule has 0 aromatic rings. The van der Waals surface area contributed by atoms with E-state index in [2.05, 4.69) is 0 Å². The zero-order valence-electron chi connectivity index (χ0n) is 8.52. The average Bonchev–Trinajstić information content (AvgIpc) is 2.77. The average molecular weight is 213 g/mol. The van der Waals surface area contributed by atoms with E-state index in [1.165, 1.54) is 0 Å². The number of ether oxygens (including phenoxy) is 1. The molecule has 0 aromatic heterocycles. The molecule has 2 aliphatic rings. The van der Waals surface area contributed by atoms with Crippen molar-refractivity contribution in [2.75, 3.05) is 19.7 Å². The Bertz CT molecular complexity index is 279. The largest absolute Gasteiger partial charge is 0.481 e. The lowest BCUT2D eigenvalue weighted by Gasteiger charge is -2.17. The molecule has 1 N–H and O–H groups in total. The van der Waals surface area contributed by atoms with Gasteiger partial charge in [-0.05, 0) is 25.2 Å². The lowest BCUT2D eigenvalue weighted by Crippen LogP contribution is -2.29. The van der Waals surface area contributed by atoms with E-state index in [9.17, 15) is 9.59 Å². The van der Waals surface area contributed by atoms with Crippen molar-refractivity contribution in [2.24, 2.45) is 11.8 Å². The molecule has 0 radical (unpaired) electrons. The summed E-state index contributed by atoms with van der Waals surface area (Å²) in [5, 5.41) is 8.84. The minimum atomic E-state index is -0.707. The highest BCUT2D eigenvalue weighted by Crippen LogP contribution is 2.31. The van der Waals surface area contributed by atoms with Gasteiger partial charge in [0, 0.05) is 6.54 Å². The number of nitrogens with zero attached hydrogens (tertiary/aromatic N) is 1. The van der Waals surface area contributed by atoms with Gasteiger partial charge in [0.2, 0.25) is 0 Å². The first-order valence-corrected chi connectivity index (χ1v) is 5.31. The third-order valence-electron chi connectivity index (χ3n) is 3.21. The summed E-state index contributed by atoms with van der Waals surface area (Å²) in [5.41, 5.74) is 0. The molecule has 2 unspecified atom stereocenters. The highest BCUT2D eigenvalue weighted by Gasteiger charge is 2.33. The molecule has 1 aliphatic carbocycles. The molecule has 0 spiro atoms. The second kappa shape index (κ2) is 4.08. The molecule has 2 atom stereocenters. The minimum absolute atomic E-state index is 0.214. The summed E-state index contributed by atoms with van der Waals surface area (Å²) in [6.45, 7) is 1.77. The van der Waals surface area contributed by atoms with Crippen LogP contribution in [0.4, 0.5) is 4.79 Å². The van der Waals surface area contributed by atoms with Gasteiger partial charge in [-0.15, -0.1) is 0 Å². The van der Waals surface area contributed by atoms with Crippen LogP contribution in [-0.4, -0.2) is 41.8 Å². The molecular weight excluding hydrogens is 198 g/mol. The van der Waals surface area contributed by atoms with E-state index >= 15 is 0 Å². The Balaban J connectivity index is 1.81. The van der Waals surface area contributed by atoms with Crippen molar-refractivity contribution in [3.8, 4) is 0 Å². The maximum atomic E-state index is 11.2. The molecule has 84 valence electrons. The first-order valence-electron chi connectivity index (χ1n) is 5.31. The van der Waals surface area contributed by atoms with Crippen molar-refractivity contribution in [1.82, 2.24) is 4.90 Å². The lowest BCUT2D eigenvalue weighted by atomic mass is 10.0. The number of amides is 1. The standard InChI is InChI=1S/C10H15NO4/c12-9(13)8-2-1-7(5-8)6-11-3-4-15-10(11)14/h7-8H,1-6H2,(H,12,13). The molecule has 1 heterocycles. The Kier molecular flexibility index (Phi) is 2.79. The molecule has 5 nitrogen and oxygen atoms in total. The Hall–Kier alpha value is -1.26. The first kappa shape index (κ1) is 10.3. The molecule has 15 heavy (non-hydrogen) atoms. The predicted octanol–water partition coefficient (Wildman–Crippen LogP) is 0.940. The van der Waals surface area contributed by atoms with Crippen LogP contribution < -0.4 is 0 Å². The number of carbonyl (C=O) groups is 2. The van der Waals surface area contributed by atoms with Crippen LogP contribution in [0.25, 0.3) is 0 Å². The fourth-order valence-electron chi connectivity index (χ4n) is 2.37. The molecule has 0 aromatic carbocycles. The summed E-state index contributed by atoms with van der Waals surface area (Å²) in [6.07, 6.45) is 2.08. The molecule has 5 heteroatoms. The zero-order valence-corrected chi connectivity index (χ0v) is 8.52. The number of carbonyl (C=O) groups excluding carboxylic acids is 1. The van der Waals surface area contributed by atoms with Crippen LogP contribution in [0, 0.1) is 11.8 Å². The Morgan fingerprint density at radius 3 is 2.87 bits per heavy atom. The minimum Gasteiger partial charge on any atom is -0.481 e. The fraction of sp³-hybridized carbons (Fsp3) is 0.800. The van der Waals surface area contributed by atoms with E-state index in [0.717, 1.165) is 12.8 Å². The molecule has 1 amide bonds. The van der Waals surface area contributed by atoms with Gasteiger partial charge in [-0.1, -0.05) is 0 Å². The van der Waals surface area contributed by atoms with Crippen molar-refractivity contribution in [3.63, 3.8) is 0 Å². The fourth-order valence-corrected chi connectivity index (χ4v) is 2.37. The van der Waals surface area contributed by atoms with E-state index < -0.39 is 5.97 Å². The molecule has 2 rings (SSSR count). The smallest absolute Gasteiger partial charge is 0.409 e. The number of hydrogen-bond acceptors (Lipinski definition) is 3. The molecule has 0 bridgehead atoms. The SMILES string of the molecule is O=C(O)C1CCC(CN2CCOC2=O)C1. The van der Waals surface area contributed by atoms with E-state index in [1.54, 1.807) is 4.90 Å². The summed E-state index contributed by atoms with van der Waals surface area (Å²) in [7, 11) is 0. The predicted molar refractivity (Wildman–Crippen MR) is 51.4 cm³/mol. The van der Waals surface area contributed by atoms with Gasteiger partial charge in [0.25, 0.3) is 0 Å². The Labute approximate surface area is 88.0 Å². The van der Waals surface area contributed by atoms with Crippen LogP contribution >= 0.6 is 0 Å². The number of carboxylic acids is 1. The highest BCUT2D eigenvalue weighted by atomic mass is 16.6. The zero-order chi connectivity index (χ0) is 10.8. The molecule has 2 fully saturated rings. The summed E-state index contributed by atoms with van der Waals surface area (Å²) < 4.78 is 4.82.